The highest BCUT2D eigenvalue weighted by Crippen LogP contribution is 2.26. The van der Waals surface area contributed by atoms with Crippen LogP contribution < -0.4 is 0 Å². The lowest BCUT2D eigenvalue weighted by molar-refractivity contribution is -0.206. The van der Waals surface area contributed by atoms with Crippen LogP contribution in [0, 0.1) is 5.92 Å². The van der Waals surface area contributed by atoms with Crippen molar-refractivity contribution in [1.29, 1.82) is 0 Å². The van der Waals surface area contributed by atoms with E-state index in [0.29, 0.717) is 5.92 Å². The molecule has 2 heterocycles. The van der Waals surface area contributed by atoms with Gasteiger partial charge in [0.05, 0.1) is 13.2 Å². The van der Waals surface area contributed by atoms with Gasteiger partial charge in [-0.15, -0.1) is 0 Å². The summed E-state index contributed by atoms with van der Waals surface area (Å²) in [4.78, 5) is 8.87. The molecule has 4 heteroatoms. The summed E-state index contributed by atoms with van der Waals surface area (Å²) in [5.74, 6) is 1.46. The van der Waals surface area contributed by atoms with Crippen molar-refractivity contribution < 1.29 is 9.47 Å². The zero-order valence-corrected chi connectivity index (χ0v) is 14.1. The van der Waals surface area contributed by atoms with Crippen LogP contribution >= 0.6 is 0 Å². The lowest BCUT2D eigenvalue weighted by Crippen LogP contribution is -2.27. The average molecular weight is 306 g/mol. The summed E-state index contributed by atoms with van der Waals surface area (Å²) in [6, 6.07) is 0. The second-order valence-electron chi connectivity index (χ2n) is 6.25. The Bertz CT molecular complexity index is 400. The number of aryl methyl sites for hydroxylation is 1. The first-order valence-corrected chi connectivity index (χ1v) is 8.87. The SMILES string of the molecule is CCCCCc1ncc(C2OCC(CCCCC)CO2)cn1. The summed E-state index contributed by atoms with van der Waals surface area (Å²) in [5.41, 5.74) is 0.936. The molecule has 0 spiro atoms. The maximum absolute atomic E-state index is 5.84. The number of unbranched alkanes of at least 4 members (excludes halogenated alkanes) is 4. The van der Waals surface area contributed by atoms with E-state index >= 15 is 0 Å². The van der Waals surface area contributed by atoms with E-state index < -0.39 is 0 Å². The van der Waals surface area contributed by atoms with E-state index in [4.69, 9.17) is 9.47 Å². The molecule has 0 saturated carbocycles. The van der Waals surface area contributed by atoms with Crippen LogP contribution in [0.1, 0.15) is 76.5 Å². The predicted octanol–water partition coefficient (Wildman–Crippen LogP) is 4.45. The second-order valence-corrected chi connectivity index (χ2v) is 6.25. The first kappa shape index (κ1) is 17.4. The van der Waals surface area contributed by atoms with Gasteiger partial charge in [-0.25, -0.2) is 9.97 Å². The normalized spacial score (nSPS) is 21.9. The van der Waals surface area contributed by atoms with Gasteiger partial charge in [0.15, 0.2) is 6.29 Å². The molecule has 0 unspecified atom stereocenters. The van der Waals surface area contributed by atoms with Crippen LogP contribution in [0.4, 0.5) is 0 Å². The highest BCUT2D eigenvalue weighted by Gasteiger charge is 2.23. The van der Waals surface area contributed by atoms with E-state index in [0.717, 1.165) is 37.4 Å². The monoisotopic (exact) mass is 306 g/mol. The highest BCUT2D eigenvalue weighted by atomic mass is 16.7. The number of hydrogen-bond acceptors (Lipinski definition) is 4. The fourth-order valence-electron chi connectivity index (χ4n) is 2.73. The van der Waals surface area contributed by atoms with Crippen molar-refractivity contribution in [2.45, 2.75) is 71.5 Å². The molecule has 1 fully saturated rings. The van der Waals surface area contributed by atoms with Gasteiger partial charge >= 0.3 is 0 Å². The maximum Gasteiger partial charge on any atom is 0.186 e. The molecule has 124 valence electrons. The van der Waals surface area contributed by atoms with Crippen LogP contribution in [0.5, 0.6) is 0 Å². The van der Waals surface area contributed by atoms with Gasteiger partial charge < -0.3 is 9.47 Å². The largest absolute Gasteiger partial charge is 0.348 e. The minimum absolute atomic E-state index is 0.285. The van der Waals surface area contributed by atoms with Crippen molar-refractivity contribution in [3.8, 4) is 0 Å². The van der Waals surface area contributed by atoms with E-state index in [9.17, 15) is 0 Å². The Balaban J connectivity index is 1.74. The quantitative estimate of drug-likeness (QED) is 0.632. The summed E-state index contributed by atoms with van der Waals surface area (Å²) in [6.07, 6.45) is 13.0. The molecule has 1 aromatic heterocycles. The summed E-state index contributed by atoms with van der Waals surface area (Å²) in [7, 11) is 0. The third-order valence-corrected chi connectivity index (χ3v) is 4.18. The fraction of sp³-hybridized carbons (Fsp3) is 0.778. The fourth-order valence-corrected chi connectivity index (χ4v) is 2.73. The first-order valence-electron chi connectivity index (χ1n) is 8.87. The van der Waals surface area contributed by atoms with Crippen molar-refractivity contribution >= 4 is 0 Å². The van der Waals surface area contributed by atoms with Gasteiger partial charge in [-0.2, -0.15) is 0 Å². The van der Waals surface area contributed by atoms with Crippen molar-refractivity contribution in [3.05, 3.63) is 23.8 Å². The molecule has 0 radical (unpaired) electrons. The maximum atomic E-state index is 5.84. The zero-order chi connectivity index (χ0) is 15.6. The van der Waals surface area contributed by atoms with Crippen LogP contribution in [-0.4, -0.2) is 23.2 Å². The molecule has 0 aromatic carbocycles. The molecule has 4 nitrogen and oxygen atoms in total. The molecule has 1 aliphatic rings. The summed E-state index contributed by atoms with van der Waals surface area (Å²) in [6.45, 7) is 6.01. The Hall–Kier alpha value is -1.00. The predicted molar refractivity (Wildman–Crippen MR) is 87.5 cm³/mol. The third kappa shape index (κ3) is 5.65. The Kier molecular flexibility index (Phi) is 7.81. The number of nitrogens with zero attached hydrogens (tertiary/aromatic N) is 2. The van der Waals surface area contributed by atoms with Crippen LogP contribution in [0.25, 0.3) is 0 Å². The molecule has 0 atom stereocenters. The smallest absolute Gasteiger partial charge is 0.186 e. The number of ether oxygens (including phenoxy) is 2. The van der Waals surface area contributed by atoms with Gasteiger partial charge in [0.1, 0.15) is 5.82 Å². The standard InChI is InChI=1S/C18H30N2O2/c1-3-5-7-9-15-13-21-18(22-14-15)16-11-19-17(20-12-16)10-8-6-4-2/h11-12,15,18H,3-10,13-14H2,1-2H3. The Morgan fingerprint density at radius 1 is 0.955 bits per heavy atom. The van der Waals surface area contributed by atoms with E-state index in [2.05, 4.69) is 23.8 Å². The zero-order valence-electron chi connectivity index (χ0n) is 14.1. The molecule has 1 aromatic rings. The molecule has 0 N–H and O–H groups in total. The molecule has 22 heavy (non-hydrogen) atoms. The molecular formula is C18H30N2O2. The Morgan fingerprint density at radius 2 is 1.59 bits per heavy atom. The number of hydrogen-bond donors (Lipinski definition) is 0. The van der Waals surface area contributed by atoms with Crippen LogP contribution in [0.3, 0.4) is 0 Å². The summed E-state index contributed by atoms with van der Waals surface area (Å²) >= 11 is 0. The molecule has 0 bridgehead atoms. The highest BCUT2D eigenvalue weighted by molar-refractivity contribution is 5.07. The molecule has 1 saturated heterocycles. The summed E-state index contributed by atoms with van der Waals surface area (Å²) < 4.78 is 11.7. The first-order chi connectivity index (χ1) is 10.8. The molecular weight excluding hydrogens is 276 g/mol. The van der Waals surface area contributed by atoms with Crippen LogP contribution in [0.2, 0.25) is 0 Å². The van der Waals surface area contributed by atoms with Gasteiger partial charge in [0.2, 0.25) is 0 Å². The van der Waals surface area contributed by atoms with Crippen molar-refractivity contribution in [1.82, 2.24) is 9.97 Å². The Morgan fingerprint density at radius 3 is 2.23 bits per heavy atom. The van der Waals surface area contributed by atoms with E-state index in [1.807, 2.05) is 12.4 Å². The molecule has 0 aliphatic carbocycles. The van der Waals surface area contributed by atoms with Gasteiger partial charge in [0.25, 0.3) is 0 Å². The minimum atomic E-state index is -0.285. The van der Waals surface area contributed by atoms with Crippen LogP contribution in [-0.2, 0) is 15.9 Å². The molecule has 2 rings (SSSR count). The lowest BCUT2D eigenvalue weighted by atomic mass is 10.0. The van der Waals surface area contributed by atoms with E-state index in [-0.39, 0.29) is 6.29 Å². The van der Waals surface area contributed by atoms with Gasteiger partial charge in [-0.05, 0) is 12.8 Å². The number of aromatic nitrogens is 2. The van der Waals surface area contributed by atoms with Gasteiger partial charge in [-0.3, -0.25) is 0 Å². The van der Waals surface area contributed by atoms with Crippen molar-refractivity contribution in [2.24, 2.45) is 5.92 Å². The van der Waals surface area contributed by atoms with Crippen molar-refractivity contribution in [2.75, 3.05) is 13.2 Å². The van der Waals surface area contributed by atoms with Crippen molar-refractivity contribution in [3.63, 3.8) is 0 Å². The topological polar surface area (TPSA) is 44.2 Å². The van der Waals surface area contributed by atoms with Crippen LogP contribution in [0.15, 0.2) is 12.4 Å². The molecule has 0 amide bonds. The van der Waals surface area contributed by atoms with E-state index in [1.54, 1.807) is 0 Å². The van der Waals surface area contributed by atoms with Gasteiger partial charge in [-0.1, -0.05) is 46.0 Å². The molecule has 1 aliphatic heterocycles. The number of rotatable bonds is 9. The minimum Gasteiger partial charge on any atom is -0.348 e. The summed E-state index contributed by atoms with van der Waals surface area (Å²) in [5, 5.41) is 0. The Labute approximate surface area is 134 Å². The second kappa shape index (κ2) is 9.90. The van der Waals surface area contributed by atoms with Gasteiger partial charge in [0, 0.05) is 30.3 Å². The average Bonchev–Trinajstić information content (AvgIpc) is 2.57. The lowest BCUT2D eigenvalue weighted by Gasteiger charge is -2.29. The van der Waals surface area contributed by atoms with E-state index in [1.165, 1.54) is 38.5 Å². The third-order valence-electron chi connectivity index (χ3n) is 4.18.